The maximum Gasteiger partial charge on any atom is 0.354 e. The lowest BCUT2D eigenvalue weighted by molar-refractivity contribution is -0.0366. The van der Waals surface area contributed by atoms with Crippen molar-refractivity contribution in [1.82, 2.24) is 14.3 Å². The van der Waals surface area contributed by atoms with Crippen LogP contribution in [0.15, 0.2) is 34.2 Å². The summed E-state index contributed by atoms with van der Waals surface area (Å²) in [5, 5.41) is 5.20. The van der Waals surface area contributed by atoms with Crippen molar-refractivity contribution in [3.63, 3.8) is 0 Å². The van der Waals surface area contributed by atoms with Gasteiger partial charge in [0.05, 0.1) is 28.1 Å². The molecule has 0 aliphatic carbocycles. The molecule has 0 amide bonds. The Morgan fingerprint density at radius 2 is 2.00 bits per heavy atom. The fraction of sp³-hybridized carbons (Fsp3) is 0.455. The average Bonchev–Trinajstić information content (AvgIpc) is 3.29. The summed E-state index contributed by atoms with van der Waals surface area (Å²) < 4.78 is 41.4. The number of benzene rings is 1. The van der Waals surface area contributed by atoms with Crippen molar-refractivity contribution in [3.05, 3.63) is 41.3 Å². The van der Waals surface area contributed by atoms with Crippen molar-refractivity contribution in [3.8, 4) is 0 Å². The highest BCUT2D eigenvalue weighted by Gasteiger charge is 2.29. The lowest BCUT2D eigenvalue weighted by Gasteiger charge is -2.23. The zero-order valence-electron chi connectivity index (χ0n) is 18.2. The van der Waals surface area contributed by atoms with E-state index in [4.69, 9.17) is 9.47 Å². The van der Waals surface area contributed by atoms with Crippen LogP contribution >= 0.6 is 0 Å². The van der Waals surface area contributed by atoms with E-state index in [0.717, 1.165) is 30.2 Å². The van der Waals surface area contributed by atoms with Gasteiger partial charge in [0.15, 0.2) is 6.23 Å². The van der Waals surface area contributed by atoms with Crippen molar-refractivity contribution in [2.45, 2.75) is 56.1 Å². The first kappa shape index (κ1) is 21.6. The first-order valence-corrected chi connectivity index (χ1v) is 11.9. The first-order chi connectivity index (χ1) is 14.8. The molecular weight excluding hydrogens is 418 g/mol. The number of esters is 1. The van der Waals surface area contributed by atoms with Crippen molar-refractivity contribution in [2.75, 3.05) is 13.2 Å². The number of sulfone groups is 1. The third kappa shape index (κ3) is 3.65. The summed E-state index contributed by atoms with van der Waals surface area (Å²) in [4.78, 5) is 12.5. The van der Waals surface area contributed by atoms with E-state index < -0.39 is 15.8 Å². The number of hydrogen-bond donors (Lipinski definition) is 0. The van der Waals surface area contributed by atoms with Gasteiger partial charge in [-0.25, -0.2) is 17.9 Å². The van der Waals surface area contributed by atoms with Gasteiger partial charge in [-0.05, 0) is 63.8 Å². The summed E-state index contributed by atoms with van der Waals surface area (Å²) in [7, 11) is -2.20. The number of hydrogen-bond acceptors (Lipinski definition) is 6. The molecular formula is C22H27N3O5S. The van der Waals surface area contributed by atoms with Crippen molar-refractivity contribution in [1.29, 1.82) is 0 Å². The molecule has 1 aliphatic heterocycles. The second-order valence-electron chi connectivity index (χ2n) is 7.85. The second-order valence-corrected chi connectivity index (χ2v) is 9.74. The molecule has 1 saturated heterocycles. The minimum atomic E-state index is -3.85. The maximum absolute atomic E-state index is 13.6. The van der Waals surface area contributed by atoms with Crippen LogP contribution in [0, 0.1) is 13.8 Å². The van der Waals surface area contributed by atoms with Gasteiger partial charge in [0, 0.05) is 24.7 Å². The van der Waals surface area contributed by atoms with Crippen molar-refractivity contribution in [2.24, 2.45) is 7.05 Å². The van der Waals surface area contributed by atoms with Gasteiger partial charge in [-0.2, -0.15) is 5.10 Å². The molecule has 0 N–H and O–H groups in total. The largest absolute Gasteiger partial charge is 0.461 e. The molecule has 3 aromatic rings. The van der Waals surface area contributed by atoms with Gasteiger partial charge in [0.25, 0.3) is 0 Å². The Balaban J connectivity index is 1.79. The predicted molar refractivity (Wildman–Crippen MR) is 115 cm³/mol. The molecule has 1 fully saturated rings. The van der Waals surface area contributed by atoms with Crippen LogP contribution < -0.4 is 0 Å². The molecule has 0 saturated carbocycles. The standard InChI is InChI=1S/C22H27N3O5S/c1-5-29-22(26)18-12-20(15(3)24(18)4)31(27,28)19-11-16-13-23-25(17(16)10-14(19)2)21-8-6-7-9-30-21/h10-13,21H,5-9H2,1-4H3. The van der Waals surface area contributed by atoms with Crippen LogP contribution in [0.1, 0.15) is 54.2 Å². The highest BCUT2D eigenvalue weighted by atomic mass is 32.2. The minimum absolute atomic E-state index is 0.100. The fourth-order valence-electron chi connectivity index (χ4n) is 4.08. The normalized spacial score (nSPS) is 17.2. The van der Waals surface area contributed by atoms with E-state index in [1.54, 1.807) is 44.6 Å². The summed E-state index contributed by atoms with van der Waals surface area (Å²) >= 11 is 0. The summed E-state index contributed by atoms with van der Waals surface area (Å²) in [6, 6.07) is 4.89. The number of fused-ring (bicyclic) bond motifs is 1. The van der Waals surface area contributed by atoms with Crippen LogP contribution in [0.3, 0.4) is 0 Å². The zero-order chi connectivity index (χ0) is 22.3. The van der Waals surface area contributed by atoms with Crippen LogP contribution in [-0.2, 0) is 26.4 Å². The fourth-order valence-corrected chi connectivity index (χ4v) is 5.87. The molecule has 1 aliphatic rings. The molecule has 8 nitrogen and oxygen atoms in total. The van der Waals surface area contributed by atoms with Crippen LogP contribution in [0.5, 0.6) is 0 Å². The summed E-state index contributed by atoms with van der Waals surface area (Å²) in [6.07, 6.45) is 4.55. The SMILES string of the molecule is CCOC(=O)c1cc(S(=O)(=O)c2cc3cnn(C4CCCCO4)c3cc2C)c(C)n1C. The second kappa shape index (κ2) is 8.12. The van der Waals surface area contributed by atoms with E-state index in [0.29, 0.717) is 17.9 Å². The Morgan fingerprint density at radius 1 is 1.23 bits per heavy atom. The highest BCUT2D eigenvalue weighted by Crippen LogP contribution is 2.33. The van der Waals surface area contributed by atoms with Gasteiger partial charge in [-0.1, -0.05) is 0 Å². The summed E-state index contributed by atoms with van der Waals surface area (Å²) in [5.41, 5.74) is 2.15. The van der Waals surface area contributed by atoms with Crippen LogP contribution in [0.2, 0.25) is 0 Å². The average molecular weight is 446 g/mol. The lowest BCUT2D eigenvalue weighted by atomic mass is 10.1. The zero-order valence-corrected chi connectivity index (χ0v) is 19.0. The quantitative estimate of drug-likeness (QED) is 0.556. The van der Waals surface area contributed by atoms with Crippen LogP contribution in [-0.4, -0.2) is 41.9 Å². The van der Waals surface area contributed by atoms with Crippen molar-refractivity contribution < 1.29 is 22.7 Å². The Morgan fingerprint density at radius 3 is 2.68 bits per heavy atom. The monoisotopic (exact) mass is 445 g/mol. The molecule has 1 aromatic carbocycles. The van der Waals surface area contributed by atoms with E-state index in [9.17, 15) is 13.2 Å². The summed E-state index contributed by atoms with van der Waals surface area (Å²) in [6.45, 7) is 6.09. The maximum atomic E-state index is 13.6. The predicted octanol–water partition coefficient (Wildman–Crippen LogP) is 3.70. The molecule has 9 heteroatoms. The number of nitrogens with zero attached hydrogens (tertiary/aromatic N) is 3. The van der Waals surface area contributed by atoms with E-state index in [2.05, 4.69) is 5.10 Å². The van der Waals surface area contributed by atoms with E-state index in [-0.39, 0.29) is 28.3 Å². The van der Waals surface area contributed by atoms with E-state index >= 15 is 0 Å². The number of aromatic nitrogens is 3. The van der Waals surface area contributed by atoms with Crippen LogP contribution in [0.25, 0.3) is 10.9 Å². The van der Waals surface area contributed by atoms with Gasteiger partial charge in [-0.15, -0.1) is 0 Å². The van der Waals surface area contributed by atoms with Crippen LogP contribution in [0.4, 0.5) is 0 Å². The molecule has 1 atom stereocenters. The lowest BCUT2D eigenvalue weighted by Crippen LogP contribution is -2.19. The first-order valence-electron chi connectivity index (χ1n) is 10.4. The Labute approximate surface area is 181 Å². The topological polar surface area (TPSA) is 92.4 Å². The third-order valence-electron chi connectivity index (χ3n) is 5.87. The third-order valence-corrected chi connectivity index (χ3v) is 7.88. The molecule has 0 spiro atoms. The molecule has 0 radical (unpaired) electrons. The smallest absolute Gasteiger partial charge is 0.354 e. The Kier molecular flexibility index (Phi) is 5.65. The van der Waals surface area contributed by atoms with Gasteiger partial charge in [-0.3, -0.25) is 0 Å². The molecule has 166 valence electrons. The van der Waals surface area contributed by atoms with Gasteiger partial charge in [0.1, 0.15) is 5.69 Å². The minimum Gasteiger partial charge on any atom is -0.461 e. The van der Waals surface area contributed by atoms with Gasteiger partial charge in [0.2, 0.25) is 9.84 Å². The Hall–Kier alpha value is -2.65. The molecule has 1 unspecified atom stereocenters. The summed E-state index contributed by atoms with van der Waals surface area (Å²) in [5.74, 6) is -0.546. The van der Waals surface area contributed by atoms with Gasteiger partial charge < -0.3 is 14.0 Å². The number of carbonyl (C=O) groups excluding carboxylic acids is 1. The highest BCUT2D eigenvalue weighted by molar-refractivity contribution is 7.91. The number of aryl methyl sites for hydroxylation is 1. The number of rotatable bonds is 5. The molecule has 0 bridgehead atoms. The van der Waals surface area contributed by atoms with E-state index in [1.165, 1.54) is 6.07 Å². The molecule has 4 rings (SSSR count). The van der Waals surface area contributed by atoms with E-state index in [1.807, 2.05) is 10.7 Å². The molecule has 31 heavy (non-hydrogen) atoms. The molecule has 2 aromatic heterocycles. The Bertz CT molecular complexity index is 1250. The molecule has 3 heterocycles. The van der Waals surface area contributed by atoms with Crippen molar-refractivity contribution >= 4 is 26.7 Å². The number of carbonyl (C=O) groups is 1. The number of ether oxygens (including phenoxy) is 2. The van der Waals surface area contributed by atoms with Gasteiger partial charge >= 0.3 is 5.97 Å².